The monoisotopic (exact) mass is 348 g/mol. The van der Waals surface area contributed by atoms with Gasteiger partial charge < -0.3 is 0 Å². The Kier molecular flexibility index (Phi) is 3.49. The third kappa shape index (κ3) is 2.27. The zero-order valence-corrected chi connectivity index (χ0v) is 11.6. The molecule has 15 heavy (non-hydrogen) atoms. The zero-order valence-electron chi connectivity index (χ0n) is 7.62. The van der Waals surface area contributed by atoms with Crippen molar-refractivity contribution < 1.29 is 0 Å². The highest BCUT2D eigenvalue weighted by atomic mass is 79.9. The Bertz CT molecular complexity index is 482. The first-order chi connectivity index (χ1) is 7.22. The summed E-state index contributed by atoms with van der Waals surface area (Å²) in [5, 5.41) is 5.68. The van der Waals surface area contributed by atoms with Crippen molar-refractivity contribution in [2.45, 2.75) is 5.33 Å². The van der Waals surface area contributed by atoms with Gasteiger partial charge in [0.05, 0.1) is 16.4 Å². The summed E-state index contributed by atoms with van der Waals surface area (Å²) < 4.78 is 2.75. The van der Waals surface area contributed by atoms with Gasteiger partial charge in [0.1, 0.15) is 0 Å². The van der Waals surface area contributed by atoms with E-state index in [0.717, 1.165) is 20.7 Å². The minimum atomic E-state index is 0.708. The van der Waals surface area contributed by atoms with E-state index in [2.05, 4.69) is 37.0 Å². The molecule has 0 saturated heterocycles. The number of hydrogen-bond acceptors (Lipinski definition) is 1. The third-order valence-electron chi connectivity index (χ3n) is 2.03. The first-order valence-electron chi connectivity index (χ1n) is 4.26. The molecule has 0 unspecified atom stereocenters. The van der Waals surface area contributed by atoms with Crippen molar-refractivity contribution >= 4 is 43.5 Å². The Morgan fingerprint density at radius 2 is 2.20 bits per heavy atom. The van der Waals surface area contributed by atoms with Gasteiger partial charge in [0.25, 0.3) is 0 Å². The van der Waals surface area contributed by atoms with Crippen LogP contribution in [0.1, 0.15) is 5.56 Å². The van der Waals surface area contributed by atoms with Crippen molar-refractivity contribution in [1.82, 2.24) is 9.78 Å². The molecule has 0 fully saturated rings. The minimum Gasteiger partial charge on any atom is -0.239 e. The number of benzene rings is 1. The molecule has 1 aromatic heterocycles. The summed E-state index contributed by atoms with van der Waals surface area (Å²) in [7, 11) is 0. The quantitative estimate of drug-likeness (QED) is 0.743. The molecule has 0 amide bonds. The summed E-state index contributed by atoms with van der Waals surface area (Å²) in [6.07, 6.45) is 3.65. The molecule has 5 heteroatoms. The molecule has 2 nitrogen and oxygen atoms in total. The van der Waals surface area contributed by atoms with Crippen molar-refractivity contribution in [3.05, 3.63) is 45.7 Å². The predicted molar refractivity (Wildman–Crippen MR) is 68.9 cm³/mol. The van der Waals surface area contributed by atoms with E-state index in [4.69, 9.17) is 11.6 Å². The Morgan fingerprint density at radius 3 is 2.80 bits per heavy atom. The predicted octanol–water partition coefficient (Wildman–Crippen LogP) is 4.18. The molecule has 0 radical (unpaired) electrons. The van der Waals surface area contributed by atoms with Crippen molar-refractivity contribution in [2.24, 2.45) is 0 Å². The van der Waals surface area contributed by atoms with Gasteiger partial charge in [-0.1, -0.05) is 33.6 Å². The topological polar surface area (TPSA) is 17.8 Å². The molecular weight excluding hydrogens is 343 g/mol. The van der Waals surface area contributed by atoms with Crippen molar-refractivity contribution in [2.75, 3.05) is 0 Å². The summed E-state index contributed by atoms with van der Waals surface area (Å²) in [6.45, 7) is 0. The van der Waals surface area contributed by atoms with Gasteiger partial charge in [0.15, 0.2) is 0 Å². The largest absolute Gasteiger partial charge is 0.239 e. The Hall–Kier alpha value is -0.320. The highest BCUT2D eigenvalue weighted by molar-refractivity contribution is 9.10. The van der Waals surface area contributed by atoms with Crippen LogP contribution in [0.5, 0.6) is 0 Å². The summed E-state index contributed by atoms with van der Waals surface area (Å²) in [4.78, 5) is 0. The Labute approximate surface area is 109 Å². The second-order valence-electron chi connectivity index (χ2n) is 2.97. The molecule has 78 valence electrons. The van der Waals surface area contributed by atoms with Crippen LogP contribution in [-0.2, 0) is 5.33 Å². The smallest absolute Gasteiger partial charge is 0.0701 e. The summed E-state index contributed by atoms with van der Waals surface area (Å²) in [6, 6.07) is 5.78. The number of rotatable bonds is 2. The maximum Gasteiger partial charge on any atom is 0.0701 e. The molecule has 0 aliphatic heterocycles. The van der Waals surface area contributed by atoms with Gasteiger partial charge in [-0.05, 0) is 28.1 Å². The lowest BCUT2D eigenvalue weighted by Crippen LogP contribution is -1.98. The van der Waals surface area contributed by atoms with Crippen LogP contribution in [0.15, 0.2) is 35.1 Å². The van der Waals surface area contributed by atoms with Gasteiger partial charge in [0.2, 0.25) is 0 Å². The van der Waals surface area contributed by atoms with E-state index in [1.165, 1.54) is 0 Å². The Balaban J connectivity index is 2.57. The molecule has 1 heterocycles. The zero-order chi connectivity index (χ0) is 10.8. The first-order valence-corrected chi connectivity index (χ1v) is 6.55. The van der Waals surface area contributed by atoms with Crippen LogP contribution in [0.4, 0.5) is 0 Å². The fourth-order valence-electron chi connectivity index (χ4n) is 1.33. The SMILES string of the molecule is Clc1cccc(-n2cc(Br)cn2)c1CBr. The minimum absolute atomic E-state index is 0.708. The highest BCUT2D eigenvalue weighted by Crippen LogP contribution is 2.25. The maximum absolute atomic E-state index is 6.10. The average molecular weight is 350 g/mol. The first kappa shape index (κ1) is 11.2. The van der Waals surface area contributed by atoms with Crippen LogP contribution in [0.25, 0.3) is 5.69 Å². The van der Waals surface area contributed by atoms with Crippen molar-refractivity contribution in [3.8, 4) is 5.69 Å². The number of nitrogens with zero attached hydrogens (tertiary/aromatic N) is 2. The average Bonchev–Trinajstić information content (AvgIpc) is 2.64. The van der Waals surface area contributed by atoms with Crippen molar-refractivity contribution in [1.29, 1.82) is 0 Å². The van der Waals surface area contributed by atoms with Crippen LogP contribution < -0.4 is 0 Å². The van der Waals surface area contributed by atoms with Gasteiger partial charge in [-0.25, -0.2) is 4.68 Å². The number of alkyl halides is 1. The molecule has 0 aliphatic carbocycles. The van der Waals surface area contributed by atoms with Crippen LogP contribution >= 0.6 is 43.5 Å². The van der Waals surface area contributed by atoms with Gasteiger partial charge in [0, 0.05) is 22.1 Å². The molecule has 0 atom stereocenters. The van der Waals surface area contributed by atoms with Crippen LogP contribution in [0.2, 0.25) is 5.02 Å². The lowest BCUT2D eigenvalue weighted by Gasteiger charge is -2.08. The summed E-state index contributed by atoms with van der Waals surface area (Å²) in [5.41, 5.74) is 2.03. The molecule has 0 aliphatic rings. The van der Waals surface area contributed by atoms with Crippen LogP contribution in [-0.4, -0.2) is 9.78 Å². The van der Waals surface area contributed by atoms with E-state index in [-0.39, 0.29) is 0 Å². The van der Waals surface area contributed by atoms with E-state index in [1.807, 2.05) is 24.4 Å². The number of aromatic nitrogens is 2. The molecule has 0 N–H and O–H groups in total. The van der Waals surface area contributed by atoms with E-state index in [1.54, 1.807) is 10.9 Å². The van der Waals surface area contributed by atoms with Gasteiger partial charge in [-0.3, -0.25) is 0 Å². The molecule has 0 saturated carbocycles. The summed E-state index contributed by atoms with van der Waals surface area (Å²) >= 11 is 12.9. The third-order valence-corrected chi connectivity index (χ3v) is 3.35. The van der Waals surface area contributed by atoms with Crippen LogP contribution in [0, 0.1) is 0 Å². The second-order valence-corrected chi connectivity index (χ2v) is 4.86. The van der Waals surface area contributed by atoms with Crippen LogP contribution in [0.3, 0.4) is 0 Å². The molecule has 1 aromatic carbocycles. The molecule has 0 spiro atoms. The normalized spacial score (nSPS) is 10.6. The molecule has 2 rings (SSSR count). The fraction of sp³-hybridized carbons (Fsp3) is 0.100. The fourth-order valence-corrected chi connectivity index (χ4v) is 2.60. The van der Waals surface area contributed by atoms with Gasteiger partial charge in [-0.15, -0.1) is 0 Å². The number of halogens is 3. The van der Waals surface area contributed by atoms with E-state index in [9.17, 15) is 0 Å². The number of hydrogen-bond donors (Lipinski definition) is 0. The summed E-state index contributed by atoms with van der Waals surface area (Å²) in [5.74, 6) is 0. The Morgan fingerprint density at radius 1 is 1.40 bits per heavy atom. The lowest BCUT2D eigenvalue weighted by molar-refractivity contribution is 0.872. The van der Waals surface area contributed by atoms with E-state index >= 15 is 0 Å². The maximum atomic E-state index is 6.10. The molecule has 0 bridgehead atoms. The lowest BCUT2D eigenvalue weighted by atomic mass is 10.2. The van der Waals surface area contributed by atoms with E-state index < -0.39 is 0 Å². The van der Waals surface area contributed by atoms with E-state index in [0.29, 0.717) is 5.33 Å². The van der Waals surface area contributed by atoms with Crippen molar-refractivity contribution in [3.63, 3.8) is 0 Å². The molecule has 2 aromatic rings. The standard InChI is InChI=1S/C10H7Br2ClN2/c11-4-8-9(13)2-1-3-10(8)15-6-7(12)5-14-15/h1-3,5-6H,4H2. The molecular formula is C10H7Br2ClN2. The van der Waals surface area contributed by atoms with Gasteiger partial charge in [-0.2, -0.15) is 5.10 Å². The van der Waals surface area contributed by atoms with Gasteiger partial charge >= 0.3 is 0 Å². The highest BCUT2D eigenvalue weighted by Gasteiger charge is 2.08. The second kappa shape index (κ2) is 4.68.